The lowest BCUT2D eigenvalue weighted by atomic mass is 10.2. The molecular formula is C19H14F3N3O2. The Hall–Kier alpha value is -3.42. The highest BCUT2D eigenvalue weighted by atomic mass is 19.1. The maximum Gasteiger partial charge on any atom is 0.322 e. The van der Waals surface area contributed by atoms with Crippen molar-refractivity contribution in [1.29, 1.82) is 0 Å². The van der Waals surface area contributed by atoms with Gasteiger partial charge in [0.15, 0.2) is 11.6 Å². The smallest absolute Gasteiger partial charge is 0.322 e. The molecule has 1 heterocycles. The van der Waals surface area contributed by atoms with Crippen LogP contribution in [-0.2, 0) is 0 Å². The molecule has 0 aliphatic rings. The maximum atomic E-state index is 13.8. The van der Waals surface area contributed by atoms with Gasteiger partial charge in [0, 0.05) is 6.07 Å². The predicted molar refractivity (Wildman–Crippen MR) is 92.3 cm³/mol. The van der Waals surface area contributed by atoms with E-state index in [1.165, 1.54) is 18.2 Å². The van der Waals surface area contributed by atoms with Crippen molar-refractivity contribution in [3.63, 3.8) is 0 Å². The van der Waals surface area contributed by atoms with E-state index < -0.39 is 23.4 Å². The summed E-state index contributed by atoms with van der Waals surface area (Å²) in [4.78, 5) is 20.4. The van der Waals surface area contributed by atoms with Gasteiger partial charge < -0.3 is 10.1 Å². The highest BCUT2D eigenvalue weighted by Gasteiger charge is 2.17. The van der Waals surface area contributed by atoms with Crippen molar-refractivity contribution in [2.24, 2.45) is 0 Å². The van der Waals surface area contributed by atoms with Crippen LogP contribution in [0.3, 0.4) is 0 Å². The van der Waals surface area contributed by atoms with Crippen molar-refractivity contribution in [2.45, 2.75) is 13.8 Å². The van der Waals surface area contributed by atoms with Crippen molar-refractivity contribution in [3.05, 3.63) is 76.9 Å². The van der Waals surface area contributed by atoms with E-state index in [1.807, 2.05) is 0 Å². The Balaban J connectivity index is 1.85. The molecule has 5 nitrogen and oxygen atoms in total. The average Bonchev–Trinajstić information content (AvgIpc) is 2.60. The van der Waals surface area contributed by atoms with Crippen molar-refractivity contribution in [2.75, 3.05) is 5.32 Å². The van der Waals surface area contributed by atoms with E-state index >= 15 is 0 Å². The number of hydrogen-bond donors (Lipinski definition) is 1. The molecule has 1 aromatic heterocycles. The van der Waals surface area contributed by atoms with Crippen molar-refractivity contribution >= 4 is 11.6 Å². The monoisotopic (exact) mass is 373 g/mol. The Labute approximate surface area is 152 Å². The number of para-hydroxylation sites is 1. The van der Waals surface area contributed by atoms with Gasteiger partial charge in [-0.25, -0.2) is 13.2 Å². The molecule has 1 N–H and O–H groups in total. The van der Waals surface area contributed by atoms with Crippen LogP contribution in [0.5, 0.6) is 11.8 Å². The minimum atomic E-state index is -0.983. The third-order valence-electron chi connectivity index (χ3n) is 3.70. The Kier molecular flexibility index (Phi) is 5.07. The second-order valence-electron chi connectivity index (χ2n) is 5.66. The normalized spacial score (nSPS) is 10.6. The summed E-state index contributed by atoms with van der Waals surface area (Å²) in [6.07, 6.45) is 0. The standard InChI is InChI=1S/C19H14F3N3O2/c1-10-17(25-18(26)13-8-7-12(20)9-15(13)22)11(2)24-19(23-10)27-16-6-4-3-5-14(16)21/h3-9H,1-2H3,(H,25,26). The van der Waals surface area contributed by atoms with Gasteiger partial charge in [0.05, 0.1) is 22.6 Å². The van der Waals surface area contributed by atoms with Crippen LogP contribution in [-0.4, -0.2) is 15.9 Å². The molecule has 2 aromatic carbocycles. The first kappa shape index (κ1) is 18.4. The number of halogens is 3. The zero-order chi connectivity index (χ0) is 19.6. The van der Waals surface area contributed by atoms with E-state index in [2.05, 4.69) is 15.3 Å². The van der Waals surface area contributed by atoms with Gasteiger partial charge >= 0.3 is 6.01 Å². The number of carbonyl (C=O) groups excluding carboxylic acids is 1. The molecule has 0 saturated carbocycles. The van der Waals surface area contributed by atoms with Crippen molar-refractivity contribution < 1.29 is 22.7 Å². The molecule has 0 atom stereocenters. The molecule has 3 aromatic rings. The third-order valence-corrected chi connectivity index (χ3v) is 3.70. The Morgan fingerprint density at radius 3 is 2.26 bits per heavy atom. The van der Waals surface area contributed by atoms with Crippen molar-refractivity contribution in [3.8, 4) is 11.8 Å². The number of rotatable bonds is 4. The fraction of sp³-hybridized carbons (Fsp3) is 0.105. The fourth-order valence-electron chi connectivity index (χ4n) is 2.39. The quantitative estimate of drug-likeness (QED) is 0.728. The Morgan fingerprint density at radius 2 is 1.63 bits per heavy atom. The summed E-state index contributed by atoms with van der Waals surface area (Å²) in [5.41, 5.74) is 0.612. The summed E-state index contributed by atoms with van der Waals surface area (Å²) in [6, 6.07) is 8.34. The van der Waals surface area contributed by atoms with Gasteiger partial charge in [-0.15, -0.1) is 0 Å². The molecule has 0 aliphatic heterocycles. The third kappa shape index (κ3) is 4.05. The molecule has 0 fully saturated rings. The van der Waals surface area contributed by atoms with Crippen LogP contribution < -0.4 is 10.1 Å². The molecule has 1 amide bonds. The summed E-state index contributed by atoms with van der Waals surface area (Å²) in [5.74, 6) is -3.15. The minimum Gasteiger partial charge on any atom is -0.421 e. The number of ether oxygens (including phenoxy) is 1. The lowest BCUT2D eigenvalue weighted by molar-refractivity contribution is 0.102. The number of nitrogens with one attached hydrogen (secondary N) is 1. The number of aromatic nitrogens is 2. The van der Waals surface area contributed by atoms with E-state index in [9.17, 15) is 18.0 Å². The van der Waals surface area contributed by atoms with Gasteiger partial charge in [0.25, 0.3) is 5.91 Å². The minimum absolute atomic E-state index is 0.0403. The van der Waals surface area contributed by atoms with Crippen molar-refractivity contribution in [1.82, 2.24) is 9.97 Å². The van der Waals surface area contributed by atoms with Gasteiger partial charge in [-0.3, -0.25) is 4.79 Å². The van der Waals surface area contributed by atoms with Crippen LogP contribution in [0.25, 0.3) is 0 Å². The highest BCUT2D eigenvalue weighted by molar-refractivity contribution is 6.05. The lowest BCUT2D eigenvalue weighted by Crippen LogP contribution is -2.17. The number of carbonyl (C=O) groups is 1. The summed E-state index contributed by atoms with van der Waals surface area (Å²) >= 11 is 0. The molecule has 138 valence electrons. The number of hydrogen-bond acceptors (Lipinski definition) is 4. The summed E-state index contributed by atoms with van der Waals surface area (Å²) in [5, 5.41) is 2.50. The molecule has 3 rings (SSSR count). The molecule has 27 heavy (non-hydrogen) atoms. The largest absolute Gasteiger partial charge is 0.421 e. The zero-order valence-corrected chi connectivity index (χ0v) is 14.4. The first-order chi connectivity index (χ1) is 12.8. The molecule has 0 saturated heterocycles. The Morgan fingerprint density at radius 1 is 0.963 bits per heavy atom. The van der Waals surface area contributed by atoms with E-state index in [1.54, 1.807) is 19.9 Å². The van der Waals surface area contributed by atoms with Crippen LogP contribution in [0.1, 0.15) is 21.7 Å². The van der Waals surface area contributed by atoms with Crippen LogP contribution in [0.2, 0.25) is 0 Å². The number of amides is 1. The molecular weight excluding hydrogens is 359 g/mol. The molecule has 0 spiro atoms. The zero-order valence-electron chi connectivity index (χ0n) is 14.4. The van der Waals surface area contributed by atoms with Gasteiger partial charge in [0.1, 0.15) is 11.6 Å². The van der Waals surface area contributed by atoms with E-state index in [4.69, 9.17) is 4.74 Å². The molecule has 0 bridgehead atoms. The summed E-state index contributed by atoms with van der Waals surface area (Å²) < 4.78 is 45.8. The topological polar surface area (TPSA) is 64.1 Å². The van der Waals surface area contributed by atoms with Gasteiger partial charge in [-0.05, 0) is 38.1 Å². The van der Waals surface area contributed by atoms with E-state index in [0.717, 1.165) is 12.1 Å². The molecule has 0 unspecified atom stereocenters. The van der Waals surface area contributed by atoms with E-state index in [-0.39, 0.29) is 23.0 Å². The average molecular weight is 373 g/mol. The SMILES string of the molecule is Cc1nc(Oc2ccccc2F)nc(C)c1NC(=O)c1ccc(F)cc1F. The number of anilines is 1. The predicted octanol–water partition coefficient (Wildman–Crippen LogP) is 4.56. The molecule has 8 heteroatoms. The summed E-state index contributed by atoms with van der Waals surface area (Å²) in [7, 11) is 0. The number of benzene rings is 2. The second-order valence-corrected chi connectivity index (χ2v) is 5.66. The first-order valence-corrected chi connectivity index (χ1v) is 7.89. The van der Waals surface area contributed by atoms with Crippen LogP contribution in [0, 0.1) is 31.3 Å². The van der Waals surface area contributed by atoms with E-state index in [0.29, 0.717) is 17.5 Å². The summed E-state index contributed by atoms with van der Waals surface area (Å²) in [6.45, 7) is 3.17. The fourth-order valence-corrected chi connectivity index (χ4v) is 2.39. The molecule has 0 radical (unpaired) electrons. The first-order valence-electron chi connectivity index (χ1n) is 7.89. The Bertz CT molecular complexity index is 1000. The number of aryl methyl sites for hydroxylation is 2. The van der Waals surface area contributed by atoms with Gasteiger partial charge in [-0.2, -0.15) is 9.97 Å². The van der Waals surface area contributed by atoms with Gasteiger partial charge in [-0.1, -0.05) is 12.1 Å². The second kappa shape index (κ2) is 7.45. The molecule has 0 aliphatic carbocycles. The van der Waals surface area contributed by atoms with Crippen LogP contribution in [0.15, 0.2) is 42.5 Å². The maximum absolute atomic E-state index is 13.8. The highest BCUT2D eigenvalue weighted by Crippen LogP contribution is 2.25. The van der Waals surface area contributed by atoms with Gasteiger partial charge in [0.2, 0.25) is 0 Å². The van der Waals surface area contributed by atoms with Crippen LogP contribution in [0.4, 0.5) is 18.9 Å². The van der Waals surface area contributed by atoms with Crippen LogP contribution >= 0.6 is 0 Å². The number of nitrogens with zero attached hydrogens (tertiary/aromatic N) is 2. The lowest BCUT2D eigenvalue weighted by Gasteiger charge is -2.13.